The maximum atomic E-state index is 11.0. The van der Waals surface area contributed by atoms with Crippen LogP contribution < -0.4 is 5.32 Å². The van der Waals surface area contributed by atoms with Gasteiger partial charge in [-0.05, 0) is 18.8 Å². The minimum Gasteiger partial charge on any atom is -0.356 e. The molecule has 0 spiro atoms. The zero-order chi connectivity index (χ0) is 9.68. The van der Waals surface area contributed by atoms with E-state index in [1.54, 1.807) is 0 Å². The summed E-state index contributed by atoms with van der Waals surface area (Å²) >= 11 is 3.68. The van der Waals surface area contributed by atoms with Gasteiger partial charge in [-0.2, -0.15) is 0 Å². The Morgan fingerprint density at radius 1 is 1.46 bits per heavy atom. The van der Waals surface area contributed by atoms with Gasteiger partial charge in [-0.3, -0.25) is 4.79 Å². The summed E-state index contributed by atoms with van der Waals surface area (Å²) in [5.74, 6) is 0.814. The van der Waals surface area contributed by atoms with E-state index >= 15 is 0 Å². The number of halogens is 1. The Morgan fingerprint density at radius 3 is 2.77 bits per heavy atom. The van der Waals surface area contributed by atoms with Crippen LogP contribution in [0.3, 0.4) is 0 Å². The zero-order valence-electron chi connectivity index (χ0n) is 8.18. The number of amides is 1. The number of hydrogen-bond donors (Lipinski definition) is 1. The standard InChI is InChI=1S/C10H18BrNO/c1-2-10(13)12-7-8-5-3-4-6-9(8)11/h8-9H,2-7H2,1H3,(H,12,13). The second-order valence-electron chi connectivity index (χ2n) is 3.72. The van der Waals surface area contributed by atoms with Crippen LogP contribution in [0.1, 0.15) is 39.0 Å². The lowest BCUT2D eigenvalue weighted by Crippen LogP contribution is -2.34. The fraction of sp³-hybridized carbons (Fsp3) is 0.900. The van der Waals surface area contributed by atoms with E-state index in [0.717, 1.165) is 6.54 Å². The summed E-state index contributed by atoms with van der Waals surface area (Å²) in [4.78, 5) is 11.6. The van der Waals surface area contributed by atoms with Crippen molar-refractivity contribution in [2.45, 2.75) is 43.9 Å². The van der Waals surface area contributed by atoms with E-state index < -0.39 is 0 Å². The highest BCUT2D eigenvalue weighted by Crippen LogP contribution is 2.29. The van der Waals surface area contributed by atoms with Crippen LogP contribution in [0.25, 0.3) is 0 Å². The molecule has 1 N–H and O–H groups in total. The smallest absolute Gasteiger partial charge is 0.219 e. The molecule has 1 fully saturated rings. The molecule has 1 aliphatic rings. The van der Waals surface area contributed by atoms with Gasteiger partial charge in [-0.1, -0.05) is 35.7 Å². The Morgan fingerprint density at radius 2 is 2.15 bits per heavy atom. The first kappa shape index (κ1) is 11.0. The Kier molecular flexibility index (Phi) is 4.78. The van der Waals surface area contributed by atoms with Crippen molar-refractivity contribution in [1.82, 2.24) is 5.32 Å². The molecule has 0 heterocycles. The summed E-state index contributed by atoms with van der Waals surface area (Å²) in [6.45, 7) is 2.74. The molecule has 2 nitrogen and oxygen atoms in total. The van der Waals surface area contributed by atoms with Crippen LogP contribution in [-0.2, 0) is 4.79 Å². The topological polar surface area (TPSA) is 29.1 Å². The predicted octanol–water partition coefficient (Wildman–Crippen LogP) is 2.47. The predicted molar refractivity (Wildman–Crippen MR) is 58.0 cm³/mol. The van der Waals surface area contributed by atoms with E-state index in [0.29, 0.717) is 17.2 Å². The minimum absolute atomic E-state index is 0.172. The molecule has 0 aliphatic heterocycles. The maximum absolute atomic E-state index is 11.0. The van der Waals surface area contributed by atoms with Crippen molar-refractivity contribution in [3.05, 3.63) is 0 Å². The van der Waals surface area contributed by atoms with E-state index in [-0.39, 0.29) is 5.91 Å². The van der Waals surface area contributed by atoms with Gasteiger partial charge >= 0.3 is 0 Å². The minimum atomic E-state index is 0.172. The molecule has 0 saturated heterocycles. The molecular formula is C10H18BrNO. The first-order valence-corrected chi connectivity index (χ1v) is 6.06. The Balaban J connectivity index is 2.22. The molecule has 0 aromatic carbocycles. The normalized spacial score (nSPS) is 28.5. The molecule has 3 heteroatoms. The molecule has 2 unspecified atom stereocenters. The molecule has 1 rings (SSSR count). The van der Waals surface area contributed by atoms with Crippen molar-refractivity contribution in [2.24, 2.45) is 5.92 Å². The van der Waals surface area contributed by atoms with Crippen LogP contribution in [0.15, 0.2) is 0 Å². The van der Waals surface area contributed by atoms with Gasteiger partial charge in [-0.15, -0.1) is 0 Å². The second kappa shape index (κ2) is 5.63. The zero-order valence-corrected chi connectivity index (χ0v) is 9.77. The van der Waals surface area contributed by atoms with Gasteiger partial charge in [0.15, 0.2) is 0 Å². The van der Waals surface area contributed by atoms with Crippen LogP contribution in [-0.4, -0.2) is 17.3 Å². The lowest BCUT2D eigenvalue weighted by Gasteiger charge is -2.27. The van der Waals surface area contributed by atoms with E-state index in [1.165, 1.54) is 25.7 Å². The van der Waals surface area contributed by atoms with Crippen molar-refractivity contribution >= 4 is 21.8 Å². The molecule has 13 heavy (non-hydrogen) atoms. The number of rotatable bonds is 3. The van der Waals surface area contributed by atoms with Crippen molar-refractivity contribution in [3.8, 4) is 0 Å². The van der Waals surface area contributed by atoms with E-state index in [1.807, 2.05) is 6.92 Å². The Bertz CT molecular complexity index is 172. The highest BCUT2D eigenvalue weighted by Gasteiger charge is 2.22. The molecule has 0 aromatic rings. The quantitative estimate of drug-likeness (QED) is 0.764. The van der Waals surface area contributed by atoms with E-state index in [2.05, 4.69) is 21.2 Å². The van der Waals surface area contributed by atoms with E-state index in [9.17, 15) is 4.79 Å². The van der Waals surface area contributed by atoms with Gasteiger partial charge in [0.25, 0.3) is 0 Å². The first-order chi connectivity index (χ1) is 6.24. The van der Waals surface area contributed by atoms with Crippen LogP contribution in [0.5, 0.6) is 0 Å². The molecule has 1 aliphatic carbocycles. The number of carbonyl (C=O) groups excluding carboxylic acids is 1. The van der Waals surface area contributed by atoms with Gasteiger partial charge in [0.1, 0.15) is 0 Å². The molecule has 76 valence electrons. The third-order valence-electron chi connectivity index (χ3n) is 2.70. The molecule has 0 radical (unpaired) electrons. The second-order valence-corrected chi connectivity index (χ2v) is 4.89. The summed E-state index contributed by atoms with van der Waals surface area (Å²) in [5.41, 5.74) is 0. The van der Waals surface area contributed by atoms with Crippen LogP contribution in [0, 0.1) is 5.92 Å². The fourth-order valence-electron chi connectivity index (χ4n) is 1.76. The third kappa shape index (κ3) is 3.67. The van der Waals surface area contributed by atoms with Gasteiger partial charge in [0.2, 0.25) is 5.91 Å². The highest BCUT2D eigenvalue weighted by atomic mass is 79.9. The van der Waals surface area contributed by atoms with E-state index in [4.69, 9.17) is 0 Å². The average molecular weight is 248 g/mol. The molecule has 0 aromatic heterocycles. The van der Waals surface area contributed by atoms with Crippen LogP contribution >= 0.6 is 15.9 Å². The largest absolute Gasteiger partial charge is 0.356 e. The van der Waals surface area contributed by atoms with Gasteiger partial charge in [-0.25, -0.2) is 0 Å². The van der Waals surface area contributed by atoms with Crippen molar-refractivity contribution in [2.75, 3.05) is 6.54 Å². The number of nitrogens with one attached hydrogen (secondary N) is 1. The Hall–Kier alpha value is -0.0500. The summed E-state index contributed by atoms with van der Waals surface area (Å²) < 4.78 is 0. The van der Waals surface area contributed by atoms with Gasteiger partial charge in [0.05, 0.1) is 0 Å². The maximum Gasteiger partial charge on any atom is 0.219 e. The van der Waals surface area contributed by atoms with Crippen LogP contribution in [0.2, 0.25) is 0 Å². The third-order valence-corrected chi connectivity index (χ3v) is 3.90. The molecule has 1 amide bonds. The number of alkyl halides is 1. The average Bonchev–Trinajstić information content (AvgIpc) is 2.16. The van der Waals surface area contributed by atoms with Crippen molar-refractivity contribution < 1.29 is 4.79 Å². The van der Waals surface area contributed by atoms with Gasteiger partial charge < -0.3 is 5.32 Å². The summed E-state index contributed by atoms with van der Waals surface area (Å²) in [6.07, 6.45) is 5.75. The lowest BCUT2D eigenvalue weighted by atomic mass is 9.89. The summed E-state index contributed by atoms with van der Waals surface area (Å²) in [5, 5.41) is 2.96. The SMILES string of the molecule is CCC(=O)NCC1CCCCC1Br. The number of hydrogen-bond acceptors (Lipinski definition) is 1. The number of carbonyl (C=O) groups is 1. The monoisotopic (exact) mass is 247 g/mol. The fourth-order valence-corrected chi connectivity index (χ4v) is 2.54. The molecular weight excluding hydrogens is 230 g/mol. The van der Waals surface area contributed by atoms with Crippen molar-refractivity contribution in [3.63, 3.8) is 0 Å². The van der Waals surface area contributed by atoms with Crippen molar-refractivity contribution in [1.29, 1.82) is 0 Å². The molecule has 1 saturated carbocycles. The van der Waals surface area contributed by atoms with Crippen LogP contribution in [0.4, 0.5) is 0 Å². The molecule has 0 bridgehead atoms. The first-order valence-electron chi connectivity index (χ1n) is 5.14. The van der Waals surface area contributed by atoms with Gasteiger partial charge in [0, 0.05) is 17.8 Å². The summed E-state index contributed by atoms with van der Waals surface area (Å²) in [7, 11) is 0. The highest BCUT2D eigenvalue weighted by molar-refractivity contribution is 9.09. The molecule has 2 atom stereocenters. The summed E-state index contributed by atoms with van der Waals surface area (Å²) in [6, 6.07) is 0. The lowest BCUT2D eigenvalue weighted by molar-refractivity contribution is -0.120. The Labute approximate surface area is 88.6 Å².